The number of rotatable bonds is 7. The van der Waals surface area contributed by atoms with E-state index in [1.165, 1.54) is 7.11 Å². The largest absolute Gasteiger partial charge is 0.496 e. The zero-order valence-corrected chi connectivity index (χ0v) is 19.8. The summed E-state index contributed by atoms with van der Waals surface area (Å²) in [6, 6.07) is 5.65. The number of piperidine rings is 2. The summed E-state index contributed by atoms with van der Waals surface area (Å²) in [4.78, 5) is 56.3. The lowest BCUT2D eigenvalue weighted by atomic mass is 9.91. The number of aromatic amines is 1. The number of esters is 1. The summed E-state index contributed by atoms with van der Waals surface area (Å²) >= 11 is 0. The van der Waals surface area contributed by atoms with Crippen molar-refractivity contribution in [1.82, 2.24) is 20.5 Å². The van der Waals surface area contributed by atoms with Crippen LogP contribution < -0.4 is 15.4 Å². The molecule has 2 aliphatic heterocycles. The quantitative estimate of drug-likeness (QED) is 0.509. The molecule has 3 aliphatic rings. The summed E-state index contributed by atoms with van der Waals surface area (Å²) in [6.45, 7) is 1.11. The number of nitrogens with one attached hydrogen (secondary N) is 3. The molecule has 5 rings (SSSR count). The number of likely N-dealkylation sites (tertiary alicyclic amines) is 1. The normalized spacial score (nSPS) is 26.0. The molecule has 3 heterocycles. The molecule has 2 saturated heterocycles. The monoisotopic (exact) mass is 482 g/mol. The molecule has 0 bridgehead atoms. The highest BCUT2D eigenvalue weighted by molar-refractivity contribution is 6.02. The number of ether oxygens (including phenoxy) is 2. The molecule has 1 aromatic carbocycles. The maximum Gasteiger partial charge on any atom is 0.328 e. The number of hydrogen-bond donors (Lipinski definition) is 3. The number of H-pyrrole nitrogens is 1. The molecule has 186 valence electrons. The molecular weight excluding hydrogens is 452 g/mol. The Morgan fingerprint density at radius 2 is 2.09 bits per heavy atom. The predicted molar refractivity (Wildman–Crippen MR) is 126 cm³/mol. The van der Waals surface area contributed by atoms with Gasteiger partial charge in [-0.05, 0) is 55.7 Å². The van der Waals surface area contributed by atoms with E-state index < -0.39 is 18.1 Å². The van der Waals surface area contributed by atoms with Gasteiger partial charge in [-0.15, -0.1) is 0 Å². The maximum absolute atomic E-state index is 13.5. The zero-order chi connectivity index (χ0) is 24.7. The molecule has 1 saturated carbocycles. The van der Waals surface area contributed by atoms with Gasteiger partial charge in [0.2, 0.25) is 11.8 Å². The van der Waals surface area contributed by atoms with Gasteiger partial charge in [-0.2, -0.15) is 0 Å². The minimum Gasteiger partial charge on any atom is -0.496 e. The van der Waals surface area contributed by atoms with E-state index in [1.54, 1.807) is 18.1 Å². The van der Waals surface area contributed by atoms with E-state index in [4.69, 9.17) is 9.47 Å². The molecule has 35 heavy (non-hydrogen) atoms. The SMILES string of the molecule is COC(=O)[C@H](C[C@@H]1CCCNC1=O)NC(=O)C1C2C[C@H]2CN1C(=O)c1cc2c(OC)cccc2[nH]1. The fraction of sp³-hybridized carbons (Fsp3) is 0.520. The van der Waals surface area contributed by atoms with E-state index in [-0.39, 0.29) is 41.9 Å². The number of carbonyl (C=O) groups excluding carboxylic acids is 4. The van der Waals surface area contributed by atoms with Crippen LogP contribution in [-0.4, -0.2) is 73.0 Å². The van der Waals surface area contributed by atoms with Crippen molar-refractivity contribution in [1.29, 1.82) is 0 Å². The van der Waals surface area contributed by atoms with Gasteiger partial charge in [-0.3, -0.25) is 14.4 Å². The van der Waals surface area contributed by atoms with Crippen molar-refractivity contribution < 1.29 is 28.7 Å². The first kappa shape index (κ1) is 23.2. The molecule has 0 spiro atoms. The van der Waals surface area contributed by atoms with Crippen LogP contribution in [0, 0.1) is 17.8 Å². The smallest absolute Gasteiger partial charge is 0.328 e. The van der Waals surface area contributed by atoms with Gasteiger partial charge in [0.05, 0.1) is 14.2 Å². The molecule has 2 aromatic rings. The van der Waals surface area contributed by atoms with Crippen LogP contribution in [0.1, 0.15) is 36.2 Å². The van der Waals surface area contributed by atoms with Gasteiger partial charge in [0.1, 0.15) is 23.5 Å². The molecular formula is C25H30N4O6. The van der Waals surface area contributed by atoms with Crippen molar-refractivity contribution in [2.75, 3.05) is 27.3 Å². The number of benzene rings is 1. The van der Waals surface area contributed by atoms with E-state index in [2.05, 4.69) is 15.6 Å². The highest BCUT2D eigenvalue weighted by atomic mass is 16.5. The van der Waals surface area contributed by atoms with Gasteiger partial charge in [0.15, 0.2) is 0 Å². The molecule has 3 fully saturated rings. The van der Waals surface area contributed by atoms with Crippen molar-refractivity contribution in [2.45, 2.75) is 37.8 Å². The summed E-state index contributed by atoms with van der Waals surface area (Å²) in [5.41, 5.74) is 1.15. The first-order valence-corrected chi connectivity index (χ1v) is 12.0. The van der Waals surface area contributed by atoms with Gasteiger partial charge in [-0.25, -0.2) is 4.79 Å². The number of aromatic nitrogens is 1. The highest BCUT2D eigenvalue weighted by Crippen LogP contribution is 2.50. The van der Waals surface area contributed by atoms with Crippen LogP contribution in [0.15, 0.2) is 24.3 Å². The Hall–Kier alpha value is -3.56. The van der Waals surface area contributed by atoms with E-state index in [0.29, 0.717) is 31.0 Å². The standard InChI is InChI=1S/C25H30N4O6/c1-34-20-7-3-6-17-16(20)11-18(27-17)24(32)29-12-14-9-15(14)21(29)23(31)28-19(25(33)35-2)10-13-5-4-8-26-22(13)30/h3,6-7,11,13-15,19,21,27H,4-5,8-10,12H2,1-2H3,(H,26,30)(H,28,31)/t13-,14-,15?,19-,21?/m0/s1. The summed E-state index contributed by atoms with van der Waals surface area (Å²) in [5.74, 6) is -0.742. The Morgan fingerprint density at radius 3 is 2.83 bits per heavy atom. The van der Waals surface area contributed by atoms with Crippen molar-refractivity contribution in [3.8, 4) is 5.75 Å². The number of nitrogens with zero attached hydrogens (tertiary/aromatic N) is 1. The third-order valence-electron chi connectivity index (χ3n) is 7.48. The highest BCUT2D eigenvalue weighted by Gasteiger charge is 2.57. The first-order chi connectivity index (χ1) is 16.9. The topological polar surface area (TPSA) is 130 Å². The molecule has 10 nitrogen and oxygen atoms in total. The molecule has 0 radical (unpaired) electrons. The van der Waals surface area contributed by atoms with Crippen molar-refractivity contribution in [2.24, 2.45) is 17.8 Å². The average molecular weight is 483 g/mol. The second-order valence-corrected chi connectivity index (χ2v) is 9.62. The Labute approximate surface area is 202 Å². The number of carbonyl (C=O) groups is 4. The van der Waals surface area contributed by atoms with Crippen molar-refractivity contribution in [3.63, 3.8) is 0 Å². The van der Waals surface area contributed by atoms with E-state index in [9.17, 15) is 19.2 Å². The fourth-order valence-corrected chi connectivity index (χ4v) is 5.54. The zero-order valence-electron chi connectivity index (χ0n) is 19.8. The average Bonchev–Trinajstić information content (AvgIpc) is 3.31. The Morgan fingerprint density at radius 1 is 1.26 bits per heavy atom. The third kappa shape index (κ3) is 4.33. The summed E-state index contributed by atoms with van der Waals surface area (Å²) in [7, 11) is 2.83. The molecule has 5 atom stereocenters. The molecule has 1 aromatic heterocycles. The number of fused-ring (bicyclic) bond motifs is 2. The van der Waals surface area contributed by atoms with Crippen LogP contribution in [-0.2, 0) is 19.1 Å². The predicted octanol–water partition coefficient (Wildman–Crippen LogP) is 1.21. The van der Waals surface area contributed by atoms with Crippen LogP contribution in [0.25, 0.3) is 10.9 Å². The van der Waals surface area contributed by atoms with Gasteiger partial charge < -0.3 is 30.0 Å². The Balaban J connectivity index is 1.34. The van der Waals surface area contributed by atoms with Gasteiger partial charge in [0, 0.05) is 29.9 Å². The molecule has 3 N–H and O–H groups in total. The van der Waals surface area contributed by atoms with Crippen molar-refractivity contribution in [3.05, 3.63) is 30.0 Å². The minimum absolute atomic E-state index is 0.0640. The van der Waals surface area contributed by atoms with Crippen molar-refractivity contribution >= 4 is 34.6 Å². The first-order valence-electron chi connectivity index (χ1n) is 12.0. The summed E-state index contributed by atoms with van der Waals surface area (Å²) in [5, 5.41) is 6.40. The second kappa shape index (κ2) is 9.24. The van der Waals surface area contributed by atoms with E-state index in [0.717, 1.165) is 23.7 Å². The molecule has 2 unspecified atom stereocenters. The van der Waals surface area contributed by atoms with E-state index in [1.807, 2.05) is 18.2 Å². The van der Waals surface area contributed by atoms with E-state index >= 15 is 0 Å². The number of methoxy groups -OCH3 is 2. The summed E-state index contributed by atoms with van der Waals surface area (Å²) < 4.78 is 10.3. The van der Waals surface area contributed by atoms with Gasteiger partial charge >= 0.3 is 5.97 Å². The minimum atomic E-state index is -0.951. The Kier molecular flexibility index (Phi) is 6.12. The maximum atomic E-state index is 13.5. The molecule has 10 heteroatoms. The lowest BCUT2D eigenvalue weighted by Crippen LogP contribution is -2.53. The lowest BCUT2D eigenvalue weighted by molar-refractivity contribution is -0.146. The third-order valence-corrected chi connectivity index (χ3v) is 7.48. The number of hydrogen-bond acceptors (Lipinski definition) is 6. The summed E-state index contributed by atoms with van der Waals surface area (Å²) in [6.07, 6.45) is 2.51. The number of amides is 3. The lowest BCUT2D eigenvalue weighted by Gasteiger charge is -2.29. The van der Waals surface area contributed by atoms with Crippen LogP contribution in [0.2, 0.25) is 0 Å². The van der Waals surface area contributed by atoms with Crippen LogP contribution in [0.5, 0.6) is 5.75 Å². The van der Waals surface area contributed by atoms with Gasteiger partial charge in [0.25, 0.3) is 5.91 Å². The van der Waals surface area contributed by atoms with Crippen LogP contribution in [0.3, 0.4) is 0 Å². The van der Waals surface area contributed by atoms with Crippen LogP contribution >= 0.6 is 0 Å². The fourth-order valence-electron chi connectivity index (χ4n) is 5.54. The molecule has 1 aliphatic carbocycles. The molecule has 3 amide bonds. The Bertz CT molecular complexity index is 1180. The van der Waals surface area contributed by atoms with Gasteiger partial charge in [-0.1, -0.05) is 6.07 Å². The van der Waals surface area contributed by atoms with Crippen LogP contribution in [0.4, 0.5) is 0 Å². The second-order valence-electron chi connectivity index (χ2n) is 9.62.